The van der Waals surface area contributed by atoms with Crippen molar-refractivity contribution in [3.63, 3.8) is 0 Å². The molecule has 2 heteroatoms. The van der Waals surface area contributed by atoms with Crippen LogP contribution in [-0.4, -0.2) is 6.10 Å². The third-order valence-corrected chi connectivity index (χ3v) is 4.08. The van der Waals surface area contributed by atoms with Gasteiger partial charge in [0.2, 0.25) is 0 Å². The first-order chi connectivity index (χ1) is 7.70. The van der Waals surface area contributed by atoms with Gasteiger partial charge in [-0.25, -0.2) is 0 Å². The standard InChI is InChI=1S/C14H19BrO/c1-3-4-5-13(15)11-6-7-14-12(9-11)8-10(2)16-14/h6-7,9-10,13H,3-5,8H2,1-2H3. The van der Waals surface area contributed by atoms with Crippen molar-refractivity contribution in [3.05, 3.63) is 29.3 Å². The fraction of sp³-hybridized carbons (Fsp3) is 0.571. The molecule has 0 saturated carbocycles. The monoisotopic (exact) mass is 282 g/mol. The molecule has 2 atom stereocenters. The van der Waals surface area contributed by atoms with Crippen molar-refractivity contribution in [2.45, 2.75) is 50.5 Å². The fourth-order valence-electron chi connectivity index (χ4n) is 2.19. The van der Waals surface area contributed by atoms with Gasteiger partial charge in [-0.2, -0.15) is 0 Å². The first-order valence-corrected chi connectivity index (χ1v) is 7.05. The number of rotatable bonds is 4. The van der Waals surface area contributed by atoms with Gasteiger partial charge in [0, 0.05) is 11.2 Å². The van der Waals surface area contributed by atoms with E-state index in [9.17, 15) is 0 Å². The van der Waals surface area contributed by atoms with E-state index in [0.717, 1.165) is 12.2 Å². The van der Waals surface area contributed by atoms with Crippen LogP contribution in [0, 0.1) is 0 Å². The Morgan fingerprint density at radius 3 is 3.06 bits per heavy atom. The molecular formula is C14H19BrO. The van der Waals surface area contributed by atoms with Crippen LogP contribution in [0.15, 0.2) is 18.2 Å². The fourth-order valence-corrected chi connectivity index (χ4v) is 2.80. The van der Waals surface area contributed by atoms with Gasteiger partial charge >= 0.3 is 0 Å². The second-order valence-corrected chi connectivity index (χ2v) is 5.71. The number of ether oxygens (including phenoxy) is 1. The van der Waals surface area contributed by atoms with Gasteiger partial charge in [0.25, 0.3) is 0 Å². The maximum atomic E-state index is 5.71. The minimum Gasteiger partial charge on any atom is -0.490 e. The van der Waals surface area contributed by atoms with Crippen molar-refractivity contribution in [1.29, 1.82) is 0 Å². The zero-order valence-corrected chi connectivity index (χ0v) is 11.6. The molecule has 1 aromatic rings. The summed E-state index contributed by atoms with van der Waals surface area (Å²) in [7, 11) is 0. The lowest BCUT2D eigenvalue weighted by Crippen LogP contribution is -2.05. The molecule has 0 aromatic heterocycles. The highest BCUT2D eigenvalue weighted by Gasteiger charge is 2.20. The third-order valence-electron chi connectivity index (χ3n) is 3.09. The Hall–Kier alpha value is -0.500. The van der Waals surface area contributed by atoms with Crippen LogP contribution in [0.3, 0.4) is 0 Å². The second kappa shape index (κ2) is 5.22. The molecule has 1 heterocycles. The predicted molar refractivity (Wildman–Crippen MR) is 71.4 cm³/mol. The van der Waals surface area contributed by atoms with E-state index in [0.29, 0.717) is 10.9 Å². The van der Waals surface area contributed by atoms with Crippen molar-refractivity contribution in [1.82, 2.24) is 0 Å². The lowest BCUT2D eigenvalue weighted by Gasteiger charge is -2.10. The van der Waals surface area contributed by atoms with E-state index in [4.69, 9.17) is 4.74 Å². The van der Waals surface area contributed by atoms with Gasteiger partial charge in [-0.3, -0.25) is 0 Å². The van der Waals surface area contributed by atoms with E-state index in [1.165, 1.54) is 30.4 Å². The van der Waals surface area contributed by atoms with Gasteiger partial charge in [-0.15, -0.1) is 0 Å². The van der Waals surface area contributed by atoms with Gasteiger partial charge in [-0.1, -0.05) is 47.8 Å². The average molecular weight is 283 g/mol. The third kappa shape index (κ3) is 2.60. The Balaban J connectivity index is 2.09. The number of alkyl halides is 1. The first kappa shape index (κ1) is 12.0. The van der Waals surface area contributed by atoms with E-state index in [-0.39, 0.29) is 0 Å². The molecule has 0 aliphatic carbocycles. The Morgan fingerprint density at radius 1 is 1.50 bits per heavy atom. The molecule has 1 nitrogen and oxygen atoms in total. The highest BCUT2D eigenvalue weighted by atomic mass is 79.9. The van der Waals surface area contributed by atoms with Gasteiger partial charge in [-0.05, 0) is 30.5 Å². The summed E-state index contributed by atoms with van der Waals surface area (Å²) in [5.74, 6) is 1.08. The molecule has 16 heavy (non-hydrogen) atoms. The Labute approximate surface area is 106 Å². The summed E-state index contributed by atoms with van der Waals surface area (Å²) >= 11 is 3.77. The maximum absolute atomic E-state index is 5.71. The summed E-state index contributed by atoms with van der Waals surface area (Å²) in [5.41, 5.74) is 2.76. The Bertz CT molecular complexity index is 362. The average Bonchev–Trinajstić information content (AvgIpc) is 2.64. The molecular weight excluding hydrogens is 264 g/mol. The molecule has 0 fully saturated rings. The summed E-state index contributed by atoms with van der Waals surface area (Å²) < 4.78 is 5.71. The van der Waals surface area contributed by atoms with Crippen molar-refractivity contribution < 1.29 is 4.74 Å². The van der Waals surface area contributed by atoms with Crippen LogP contribution < -0.4 is 4.74 Å². The zero-order valence-electron chi connectivity index (χ0n) is 10.0. The summed E-state index contributed by atoms with van der Waals surface area (Å²) in [4.78, 5) is 0.494. The SMILES string of the molecule is CCCCC(Br)c1ccc2c(c1)CC(C)O2. The van der Waals surface area contributed by atoms with E-state index < -0.39 is 0 Å². The summed E-state index contributed by atoms with van der Waals surface area (Å²) in [6.07, 6.45) is 5.14. The number of fused-ring (bicyclic) bond motifs is 1. The number of hydrogen-bond acceptors (Lipinski definition) is 1. The first-order valence-electron chi connectivity index (χ1n) is 6.14. The highest BCUT2D eigenvalue weighted by Crippen LogP contribution is 2.35. The van der Waals surface area contributed by atoms with E-state index >= 15 is 0 Å². The van der Waals surface area contributed by atoms with Gasteiger partial charge in [0.1, 0.15) is 11.9 Å². The smallest absolute Gasteiger partial charge is 0.123 e. The molecule has 0 amide bonds. The molecule has 0 saturated heterocycles. The molecule has 88 valence electrons. The van der Waals surface area contributed by atoms with E-state index in [1.807, 2.05) is 0 Å². The van der Waals surface area contributed by atoms with Crippen molar-refractivity contribution >= 4 is 15.9 Å². The van der Waals surface area contributed by atoms with Crippen LogP contribution in [0.1, 0.15) is 49.1 Å². The second-order valence-electron chi connectivity index (χ2n) is 4.61. The summed E-state index contributed by atoms with van der Waals surface area (Å²) in [5, 5.41) is 0. The molecule has 0 radical (unpaired) electrons. The quantitative estimate of drug-likeness (QED) is 0.732. The molecule has 2 rings (SSSR count). The van der Waals surface area contributed by atoms with Crippen molar-refractivity contribution in [3.8, 4) is 5.75 Å². The molecule has 0 bridgehead atoms. The summed E-state index contributed by atoms with van der Waals surface area (Å²) in [6, 6.07) is 6.61. The molecule has 2 unspecified atom stereocenters. The van der Waals surface area contributed by atoms with E-state index in [1.54, 1.807) is 0 Å². The van der Waals surface area contributed by atoms with Crippen LogP contribution in [0.4, 0.5) is 0 Å². The normalized spacial score (nSPS) is 20.3. The predicted octanol–water partition coefficient (Wildman–Crippen LogP) is 4.64. The Morgan fingerprint density at radius 2 is 2.31 bits per heavy atom. The van der Waals surface area contributed by atoms with Crippen LogP contribution in [0.5, 0.6) is 5.75 Å². The zero-order chi connectivity index (χ0) is 11.5. The number of unbranched alkanes of at least 4 members (excludes halogenated alkanes) is 1. The highest BCUT2D eigenvalue weighted by molar-refractivity contribution is 9.09. The molecule has 0 N–H and O–H groups in total. The van der Waals surface area contributed by atoms with Gasteiger partial charge < -0.3 is 4.74 Å². The molecule has 1 aliphatic heterocycles. The summed E-state index contributed by atoms with van der Waals surface area (Å²) in [6.45, 7) is 4.36. The van der Waals surface area contributed by atoms with Crippen LogP contribution in [-0.2, 0) is 6.42 Å². The minimum atomic E-state index is 0.342. The van der Waals surface area contributed by atoms with Gasteiger partial charge in [0.05, 0.1) is 0 Å². The number of benzene rings is 1. The Kier molecular flexibility index (Phi) is 3.91. The van der Waals surface area contributed by atoms with Crippen LogP contribution in [0.25, 0.3) is 0 Å². The lowest BCUT2D eigenvalue weighted by atomic mass is 10.0. The van der Waals surface area contributed by atoms with Crippen LogP contribution in [0.2, 0.25) is 0 Å². The molecule has 1 aliphatic rings. The van der Waals surface area contributed by atoms with Crippen molar-refractivity contribution in [2.24, 2.45) is 0 Å². The van der Waals surface area contributed by atoms with E-state index in [2.05, 4.69) is 48.0 Å². The number of halogens is 1. The largest absolute Gasteiger partial charge is 0.490 e. The van der Waals surface area contributed by atoms with Gasteiger partial charge in [0.15, 0.2) is 0 Å². The molecule has 1 aromatic carbocycles. The van der Waals surface area contributed by atoms with Crippen LogP contribution >= 0.6 is 15.9 Å². The van der Waals surface area contributed by atoms with Crippen molar-refractivity contribution in [2.75, 3.05) is 0 Å². The minimum absolute atomic E-state index is 0.342. The molecule has 0 spiro atoms. The lowest BCUT2D eigenvalue weighted by molar-refractivity contribution is 0.254. The maximum Gasteiger partial charge on any atom is 0.123 e. The topological polar surface area (TPSA) is 9.23 Å². The number of hydrogen-bond donors (Lipinski definition) is 0.